The molecule has 2 unspecified atom stereocenters. The quantitative estimate of drug-likeness (QED) is 0.845. The minimum absolute atomic E-state index is 0.122. The lowest BCUT2D eigenvalue weighted by Crippen LogP contribution is -2.40. The van der Waals surface area contributed by atoms with Gasteiger partial charge in [0, 0.05) is 18.9 Å². The van der Waals surface area contributed by atoms with E-state index >= 15 is 0 Å². The van der Waals surface area contributed by atoms with E-state index in [9.17, 15) is 0 Å². The van der Waals surface area contributed by atoms with Crippen LogP contribution in [-0.4, -0.2) is 24.7 Å². The summed E-state index contributed by atoms with van der Waals surface area (Å²) in [5, 5.41) is 3.58. The molecule has 1 fully saturated rings. The summed E-state index contributed by atoms with van der Waals surface area (Å²) in [6.07, 6.45) is 8.41. The molecule has 2 atom stereocenters. The van der Waals surface area contributed by atoms with Gasteiger partial charge in [0.1, 0.15) is 5.82 Å². The number of nitrogens with two attached hydrogens (primary N) is 1. The normalized spacial score (nSPS) is 19.4. The van der Waals surface area contributed by atoms with Gasteiger partial charge in [-0.1, -0.05) is 26.2 Å². The van der Waals surface area contributed by atoms with Crippen LogP contribution in [0.3, 0.4) is 0 Å². The number of aryl methyl sites for hydroxylation is 1. The molecule has 4 heteroatoms. The second-order valence-electron chi connectivity index (χ2n) is 6.06. The molecule has 0 radical (unpaired) electrons. The van der Waals surface area contributed by atoms with Crippen molar-refractivity contribution in [3.05, 3.63) is 23.4 Å². The molecule has 0 amide bonds. The fraction of sp³-hybridized carbons (Fsp3) is 0.706. The average Bonchev–Trinajstić information content (AvgIpc) is 2.49. The maximum absolute atomic E-state index is 6.17. The van der Waals surface area contributed by atoms with E-state index in [1.807, 2.05) is 13.2 Å². The molecule has 0 saturated heterocycles. The molecule has 1 aromatic rings. The molecule has 0 bridgehead atoms. The molecule has 3 N–H and O–H groups in total. The van der Waals surface area contributed by atoms with Gasteiger partial charge in [0.25, 0.3) is 0 Å². The van der Waals surface area contributed by atoms with Gasteiger partial charge in [0.2, 0.25) is 0 Å². The maximum Gasteiger partial charge on any atom is 0.128 e. The van der Waals surface area contributed by atoms with Crippen LogP contribution in [0.5, 0.6) is 0 Å². The first-order valence-corrected chi connectivity index (χ1v) is 8.16. The van der Waals surface area contributed by atoms with Gasteiger partial charge in [-0.25, -0.2) is 4.98 Å². The lowest BCUT2D eigenvalue weighted by atomic mass is 9.80. The van der Waals surface area contributed by atoms with Crippen molar-refractivity contribution in [2.24, 2.45) is 5.92 Å². The molecule has 1 aromatic heterocycles. The van der Waals surface area contributed by atoms with Crippen LogP contribution >= 0.6 is 0 Å². The molecule has 1 saturated carbocycles. The Hall–Kier alpha value is -1.13. The SMILES string of the molecule is CCNC(c1c(C)ccnc1N)C(OC)C1CCCCC1. The number of methoxy groups -OCH3 is 1. The predicted molar refractivity (Wildman–Crippen MR) is 87.2 cm³/mol. The minimum Gasteiger partial charge on any atom is -0.383 e. The molecule has 1 aliphatic carbocycles. The number of likely N-dealkylation sites (N-methyl/N-ethyl adjacent to an activating group) is 1. The number of ether oxygens (including phenoxy) is 1. The fourth-order valence-electron chi connectivity index (χ4n) is 3.66. The van der Waals surface area contributed by atoms with Crippen molar-refractivity contribution in [2.45, 2.75) is 58.1 Å². The first kappa shape index (κ1) is 16.2. The summed E-state index contributed by atoms with van der Waals surface area (Å²) in [4.78, 5) is 4.29. The van der Waals surface area contributed by atoms with Gasteiger partial charge in [-0.05, 0) is 43.9 Å². The number of pyridine rings is 1. The second-order valence-corrected chi connectivity index (χ2v) is 6.06. The van der Waals surface area contributed by atoms with Crippen molar-refractivity contribution in [3.8, 4) is 0 Å². The van der Waals surface area contributed by atoms with Crippen molar-refractivity contribution >= 4 is 5.82 Å². The van der Waals surface area contributed by atoms with E-state index in [-0.39, 0.29) is 12.1 Å². The highest BCUT2D eigenvalue weighted by Crippen LogP contribution is 2.36. The Labute approximate surface area is 128 Å². The van der Waals surface area contributed by atoms with Crippen molar-refractivity contribution in [3.63, 3.8) is 0 Å². The maximum atomic E-state index is 6.17. The number of nitrogens with one attached hydrogen (secondary N) is 1. The zero-order valence-electron chi connectivity index (χ0n) is 13.6. The molecule has 4 nitrogen and oxygen atoms in total. The van der Waals surface area contributed by atoms with Crippen LogP contribution < -0.4 is 11.1 Å². The standard InChI is InChI=1S/C17H29N3O/c1-4-19-15(14-12(2)10-11-20-17(14)18)16(21-3)13-8-6-5-7-9-13/h10-11,13,15-16,19H,4-9H2,1-3H3,(H2,18,20). The number of aromatic nitrogens is 1. The zero-order valence-corrected chi connectivity index (χ0v) is 13.6. The highest BCUT2D eigenvalue weighted by Gasteiger charge is 2.33. The van der Waals surface area contributed by atoms with Crippen molar-refractivity contribution < 1.29 is 4.74 Å². The number of nitrogen functional groups attached to an aromatic ring is 1. The third-order valence-corrected chi connectivity index (χ3v) is 4.69. The first-order chi connectivity index (χ1) is 10.2. The Morgan fingerprint density at radius 3 is 2.67 bits per heavy atom. The third kappa shape index (κ3) is 3.74. The summed E-state index contributed by atoms with van der Waals surface area (Å²) >= 11 is 0. The van der Waals surface area contributed by atoms with Gasteiger partial charge in [0.05, 0.1) is 12.1 Å². The van der Waals surface area contributed by atoms with E-state index in [1.54, 1.807) is 6.20 Å². The topological polar surface area (TPSA) is 60.2 Å². The van der Waals surface area contributed by atoms with Crippen LogP contribution in [-0.2, 0) is 4.74 Å². The van der Waals surface area contributed by atoms with Gasteiger partial charge in [-0.15, -0.1) is 0 Å². The summed E-state index contributed by atoms with van der Waals surface area (Å²) < 4.78 is 5.92. The number of anilines is 1. The van der Waals surface area contributed by atoms with Crippen molar-refractivity contribution in [1.82, 2.24) is 10.3 Å². The summed E-state index contributed by atoms with van der Waals surface area (Å²) in [5.74, 6) is 1.23. The van der Waals surface area contributed by atoms with E-state index in [0.29, 0.717) is 11.7 Å². The van der Waals surface area contributed by atoms with Crippen molar-refractivity contribution in [1.29, 1.82) is 0 Å². The highest BCUT2D eigenvalue weighted by atomic mass is 16.5. The van der Waals surface area contributed by atoms with Crippen LogP contribution in [0.15, 0.2) is 12.3 Å². The molecular formula is C17H29N3O. The average molecular weight is 291 g/mol. The summed E-state index contributed by atoms with van der Waals surface area (Å²) in [6.45, 7) is 5.12. The van der Waals surface area contributed by atoms with Crippen LogP contribution in [0.4, 0.5) is 5.82 Å². The summed E-state index contributed by atoms with van der Waals surface area (Å²) in [6, 6.07) is 2.15. The van der Waals surface area contributed by atoms with E-state index in [2.05, 4.69) is 24.1 Å². The second kappa shape index (κ2) is 7.76. The van der Waals surface area contributed by atoms with E-state index in [0.717, 1.165) is 12.1 Å². The monoisotopic (exact) mass is 291 g/mol. The molecule has 1 heterocycles. The molecule has 0 spiro atoms. The lowest BCUT2D eigenvalue weighted by molar-refractivity contribution is 0.00788. The van der Waals surface area contributed by atoms with Crippen molar-refractivity contribution in [2.75, 3.05) is 19.4 Å². The third-order valence-electron chi connectivity index (χ3n) is 4.69. The first-order valence-electron chi connectivity index (χ1n) is 8.16. The zero-order chi connectivity index (χ0) is 15.2. The lowest BCUT2D eigenvalue weighted by Gasteiger charge is -2.36. The molecular weight excluding hydrogens is 262 g/mol. The Morgan fingerprint density at radius 1 is 1.38 bits per heavy atom. The smallest absolute Gasteiger partial charge is 0.128 e. The number of hydrogen-bond donors (Lipinski definition) is 2. The van der Waals surface area contributed by atoms with Gasteiger partial charge in [0.15, 0.2) is 0 Å². The number of nitrogens with zero attached hydrogens (tertiary/aromatic N) is 1. The van der Waals surface area contributed by atoms with Gasteiger partial charge >= 0.3 is 0 Å². The molecule has 118 valence electrons. The van der Waals surface area contributed by atoms with Gasteiger partial charge < -0.3 is 15.8 Å². The van der Waals surface area contributed by atoms with Crippen LogP contribution in [0.25, 0.3) is 0 Å². The fourth-order valence-corrected chi connectivity index (χ4v) is 3.66. The van der Waals surface area contributed by atoms with Crippen LogP contribution in [0, 0.1) is 12.8 Å². The number of rotatable bonds is 6. The minimum atomic E-state index is 0.122. The molecule has 0 aliphatic heterocycles. The Balaban J connectivity index is 2.31. The Kier molecular flexibility index (Phi) is 6.00. The Morgan fingerprint density at radius 2 is 2.10 bits per heavy atom. The molecule has 1 aliphatic rings. The predicted octanol–water partition coefficient (Wildman–Crippen LogP) is 3.22. The molecule has 2 rings (SSSR count). The molecule has 21 heavy (non-hydrogen) atoms. The van der Waals surface area contributed by atoms with Gasteiger partial charge in [-0.2, -0.15) is 0 Å². The van der Waals surface area contributed by atoms with E-state index in [4.69, 9.17) is 10.5 Å². The van der Waals surface area contributed by atoms with Crippen LogP contribution in [0.2, 0.25) is 0 Å². The van der Waals surface area contributed by atoms with E-state index in [1.165, 1.54) is 37.7 Å². The van der Waals surface area contributed by atoms with Crippen LogP contribution in [0.1, 0.15) is 56.2 Å². The Bertz CT molecular complexity index is 423. The molecule has 0 aromatic carbocycles. The number of hydrogen-bond acceptors (Lipinski definition) is 4. The largest absolute Gasteiger partial charge is 0.383 e. The van der Waals surface area contributed by atoms with E-state index < -0.39 is 0 Å². The van der Waals surface area contributed by atoms with Gasteiger partial charge in [-0.3, -0.25) is 0 Å². The summed E-state index contributed by atoms with van der Waals surface area (Å²) in [5.41, 5.74) is 8.46. The highest BCUT2D eigenvalue weighted by molar-refractivity contribution is 5.46. The summed E-state index contributed by atoms with van der Waals surface area (Å²) in [7, 11) is 1.82.